The van der Waals surface area contributed by atoms with Crippen LogP contribution in [0.25, 0.3) is 16.4 Å². The third-order valence-corrected chi connectivity index (χ3v) is 6.06. The molecule has 0 atom stereocenters. The molecule has 3 heterocycles. The Bertz CT molecular complexity index is 1420. The van der Waals surface area contributed by atoms with Crippen molar-refractivity contribution in [2.24, 2.45) is 5.92 Å². The first kappa shape index (κ1) is 23.5. The van der Waals surface area contributed by atoms with Crippen LogP contribution < -0.4 is 10.2 Å². The second-order valence-electron chi connectivity index (χ2n) is 8.43. The monoisotopic (exact) mass is 498 g/mol. The van der Waals surface area contributed by atoms with E-state index in [-0.39, 0.29) is 5.65 Å². The minimum absolute atomic E-state index is 0.00804. The van der Waals surface area contributed by atoms with Gasteiger partial charge in [-0.2, -0.15) is 17.7 Å². The summed E-state index contributed by atoms with van der Waals surface area (Å²) in [6.07, 6.45) is -3.85. The number of carbonyl (C=O) groups excluding carboxylic acids is 2. The topological polar surface area (TPSA) is 102 Å². The van der Waals surface area contributed by atoms with Gasteiger partial charge in [0.1, 0.15) is 5.82 Å². The molecule has 5 rings (SSSR count). The molecule has 0 radical (unpaired) electrons. The van der Waals surface area contributed by atoms with Gasteiger partial charge in [-0.3, -0.25) is 9.59 Å². The highest BCUT2D eigenvalue weighted by atomic mass is 19.4. The summed E-state index contributed by atoms with van der Waals surface area (Å²) in [5.74, 6) is -2.21. The number of fused-ring (bicyclic) bond motifs is 2. The first-order chi connectivity index (χ1) is 17.3. The van der Waals surface area contributed by atoms with Crippen LogP contribution in [0.5, 0.6) is 0 Å². The number of carbonyl (C=O) groups is 2. The standard InChI is InChI=1S/C24H21F3N6O3/c25-24(26,27)23-30-29-19-8-9-20(31-33(19)23)32-12-10-16(11-13-32)22(35)36-14-21(34)28-18-7-3-5-15-4-1-2-6-17(15)18/h1-9,16H,10-14H2,(H,28,34). The fourth-order valence-corrected chi connectivity index (χ4v) is 4.24. The van der Waals surface area contributed by atoms with Gasteiger partial charge in [0.25, 0.3) is 11.7 Å². The van der Waals surface area contributed by atoms with Crippen molar-refractivity contribution in [3.63, 3.8) is 0 Å². The van der Waals surface area contributed by atoms with E-state index >= 15 is 0 Å². The molecule has 0 aliphatic carbocycles. The lowest BCUT2D eigenvalue weighted by atomic mass is 9.97. The number of nitrogens with zero attached hydrogens (tertiary/aromatic N) is 5. The Balaban J connectivity index is 1.15. The number of piperidine rings is 1. The number of hydrogen-bond acceptors (Lipinski definition) is 7. The molecule has 1 saturated heterocycles. The molecule has 0 saturated carbocycles. The van der Waals surface area contributed by atoms with Gasteiger partial charge in [0, 0.05) is 24.2 Å². The van der Waals surface area contributed by atoms with Crippen molar-refractivity contribution >= 4 is 39.8 Å². The van der Waals surface area contributed by atoms with Crippen LogP contribution >= 0.6 is 0 Å². The molecule has 36 heavy (non-hydrogen) atoms. The van der Waals surface area contributed by atoms with Crippen molar-refractivity contribution < 1.29 is 27.5 Å². The van der Waals surface area contributed by atoms with E-state index in [0.717, 1.165) is 10.8 Å². The lowest BCUT2D eigenvalue weighted by Crippen LogP contribution is -2.38. The largest absolute Gasteiger partial charge is 0.455 e. The van der Waals surface area contributed by atoms with Gasteiger partial charge in [-0.1, -0.05) is 36.4 Å². The van der Waals surface area contributed by atoms with E-state index in [2.05, 4.69) is 20.6 Å². The van der Waals surface area contributed by atoms with Crippen LogP contribution in [0.15, 0.2) is 54.6 Å². The molecule has 1 aliphatic rings. The number of benzene rings is 2. The number of hydrogen-bond donors (Lipinski definition) is 1. The van der Waals surface area contributed by atoms with Crippen molar-refractivity contribution in [2.75, 3.05) is 29.9 Å². The molecule has 0 unspecified atom stereocenters. The number of nitrogens with one attached hydrogen (secondary N) is 1. The van der Waals surface area contributed by atoms with Gasteiger partial charge in [-0.25, -0.2) is 0 Å². The van der Waals surface area contributed by atoms with Gasteiger partial charge < -0.3 is 15.0 Å². The maximum absolute atomic E-state index is 13.1. The highest BCUT2D eigenvalue weighted by Gasteiger charge is 2.38. The van der Waals surface area contributed by atoms with Gasteiger partial charge in [-0.15, -0.1) is 15.3 Å². The molecule has 1 fully saturated rings. The van der Waals surface area contributed by atoms with Gasteiger partial charge in [0.05, 0.1) is 5.92 Å². The number of amides is 1. The van der Waals surface area contributed by atoms with E-state index in [4.69, 9.17) is 4.74 Å². The molecule has 9 nitrogen and oxygen atoms in total. The van der Waals surface area contributed by atoms with Gasteiger partial charge in [-0.05, 0) is 36.4 Å². The van der Waals surface area contributed by atoms with Crippen molar-refractivity contribution in [1.82, 2.24) is 19.8 Å². The van der Waals surface area contributed by atoms with E-state index in [9.17, 15) is 22.8 Å². The van der Waals surface area contributed by atoms with Crippen molar-refractivity contribution in [2.45, 2.75) is 19.0 Å². The van der Waals surface area contributed by atoms with Crippen LogP contribution in [-0.2, 0) is 20.5 Å². The van der Waals surface area contributed by atoms with Gasteiger partial charge >= 0.3 is 12.1 Å². The van der Waals surface area contributed by atoms with E-state index in [0.29, 0.717) is 42.0 Å². The molecule has 1 N–H and O–H groups in total. The number of alkyl halides is 3. The van der Waals surface area contributed by atoms with Crippen LogP contribution in [0, 0.1) is 5.92 Å². The fraction of sp³-hybridized carbons (Fsp3) is 0.292. The fourth-order valence-electron chi connectivity index (χ4n) is 4.24. The number of anilines is 2. The molecule has 2 aromatic carbocycles. The third kappa shape index (κ3) is 4.79. The van der Waals surface area contributed by atoms with Crippen molar-refractivity contribution in [3.8, 4) is 0 Å². The molecule has 0 spiro atoms. The Morgan fingerprint density at radius 2 is 1.75 bits per heavy atom. The zero-order valence-corrected chi connectivity index (χ0v) is 18.9. The van der Waals surface area contributed by atoms with Crippen LogP contribution in [-0.4, -0.2) is 51.4 Å². The summed E-state index contributed by atoms with van der Waals surface area (Å²) >= 11 is 0. The molecule has 186 valence electrons. The van der Waals surface area contributed by atoms with Crippen molar-refractivity contribution in [3.05, 3.63) is 60.4 Å². The molecule has 12 heteroatoms. The van der Waals surface area contributed by atoms with E-state index in [1.54, 1.807) is 17.0 Å². The Morgan fingerprint density at radius 1 is 1.00 bits per heavy atom. The maximum Gasteiger partial charge on any atom is 0.453 e. The minimum atomic E-state index is -4.68. The summed E-state index contributed by atoms with van der Waals surface area (Å²) in [4.78, 5) is 26.7. The quantitative estimate of drug-likeness (QED) is 0.419. The first-order valence-corrected chi connectivity index (χ1v) is 11.3. The number of rotatable bonds is 5. The number of halogens is 3. The maximum atomic E-state index is 13.1. The van der Waals surface area contributed by atoms with Gasteiger partial charge in [0.15, 0.2) is 12.3 Å². The second kappa shape index (κ2) is 9.44. The van der Waals surface area contributed by atoms with E-state index in [1.807, 2.05) is 36.4 Å². The summed E-state index contributed by atoms with van der Waals surface area (Å²) in [6, 6.07) is 16.1. The summed E-state index contributed by atoms with van der Waals surface area (Å²) in [7, 11) is 0. The highest BCUT2D eigenvalue weighted by Crippen LogP contribution is 2.29. The molecular formula is C24H21F3N6O3. The Labute approximate surface area is 202 Å². The Kier molecular flexibility index (Phi) is 6.17. The molecular weight excluding hydrogens is 477 g/mol. The normalized spacial score (nSPS) is 14.8. The minimum Gasteiger partial charge on any atom is -0.455 e. The molecule has 2 aromatic heterocycles. The third-order valence-electron chi connectivity index (χ3n) is 6.06. The SMILES string of the molecule is O=C(COC(=O)C1CCN(c2ccc3nnc(C(F)(F)F)n3n2)CC1)Nc1cccc2ccccc12. The average Bonchev–Trinajstić information content (AvgIpc) is 3.32. The Hall–Kier alpha value is -4.22. The zero-order chi connectivity index (χ0) is 25.3. The lowest BCUT2D eigenvalue weighted by molar-refractivity contribution is -0.152. The number of esters is 1. The average molecular weight is 498 g/mol. The molecule has 1 amide bonds. The second-order valence-corrected chi connectivity index (χ2v) is 8.43. The van der Waals surface area contributed by atoms with Crippen LogP contribution in [0.1, 0.15) is 18.7 Å². The van der Waals surface area contributed by atoms with Crippen LogP contribution in [0.4, 0.5) is 24.7 Å². The zero-order valence-electron chi connectivity index (χ0n) is 18.9. The predicted molar refractivity (Wildman–Crippen MR) is 124 cm³/mol. The summed E-state index contributed by atoms with van der Waals surface area (Å²) in [5, 5.41) is 15.4. The summed E-state index contributed by atoms with van der Waals surface area (Å²) < 4.78 is 45.3. The van der Waals surface area contributed by atoms with E-state index in [1.165, 1.54) is 6.07 Å². The smallest absolute Gasteiger partial charge is 0.453 e. The number of aromatic nitrogens is 4. The van der Waals surface area contributed by atoms with Gasteiger partial charge in [0.2, 0.25) is 0 Å². The molecule has 4 aromatic rings. The number of ether oxygens (including phenoxy) is 1. The highest BCUT2D eigenvalue weighted by molar-refractivity contribution is 6.02. The lowest BCUT2D eigenvalue weighted by Gasteiger charge is -2.31. The molecule has 1 aliphatic heterocycles. The first-order valence-electron chi connectivity index (χ1n) is 11.3. The van der Waals surface area contributed by atoms with Crippen LogP contribution in [0.3, 0.4) is 0 Å². The summed E-state index contributed by atoms with van der Waals surface area (Å²) in [6.45, 7) is 0.377. The molecule has 0 bridgehead atoms. The van der Waals surface area contributed by atoms with Crippen molar-refractivity contribution in [1.29, 1.82) is 0 Å². The summed E-state index contributed by atoms with van der Waals surface area (Å²) in [5.41, 5.74) is 0.625. The van der Waals surface area contributed by atoms with E-state index < -0.39 is 36.4 Å². The predicted octanol–water partition coefficient (Wildman–Crippen LogP) is 3.69. The Morgan fingerprint density at radius 3 is 2.53 bits per heavy atom. The van der Waals surface area contributed by atoms with Crippen LogP contribution in [0.2, 0.25) is 0 Å².